The SMILES string of the molecule is CN1CCC(CN(C)S(=O)(=O)c2ccc(CC(=O)O)s2)C1. The van der Waals surface area contributed by atoms with E-state index in [1.807, 2.05) is 7.05 Å². The van der Waals surface area contributed by atoms with Gasteiger partial charge in [0.15, 0.2) is 0 Å². The molecule has 0 spiro atoms. The maximum absolute atomic E-state index is 12.5. The van der Waals surface area contributed by atoms with Crippen molar-refractivity contribution in [2.75, 3.05) is 33.7 Å². The van der Waals surface area contributed by atoms with Crippen molar-refractivity contribution >= 4 is 27.3 Å². The maximum Gasteiger partial charge on any atom is 0.308 e. The van der Waals surface area contributed by atoms with Gasteiger partial charge in [0.1, 0.15) is 4.21 Å². The minimum absolute atomic E-state index is 0.142. The van der Waals surface area contributed by atoms with E-state index in [1.54, 1.807) is 13.1 Å². The van der Waals surface area contributed by atoms with Crippen LogP contribution in [0.5, 0.6) is 0 Å². The topological polar surface area (TPSA) is 77.9 Å². The minimum atomic E-state index is -3.52. The lowest BCUT2D eigenvalue weighted by Crippen LogP contribution is -2.32. The van der Waals surface area contributed by atoms with Gasteiger partial charge < -0.3 is 10.0 Å². The molecule has 1 fully saturated rings. The Balaban J connectivity index is 2.06. The molecule has 1 saturated heterocycles. The first-order valence-corrected chi connectivity index (χ1v) is 9.00. The zero-order valence-electron chi connectivity index (χ0n) is 12.2. The van der Waals surface area contributed by atoms with E-state index in [4.69, 9.17) is 5.11 Å². The third-order valence-corrected chi connectivity index (χ3v) is 7.01. The van der Waals surface area contributed by atoms with Crippen LogP contribution < -0.4 is 0 Å². The Bertz CT molecular complexity index is 611. The van der Waals surface area contributed by atoms with Crippen LogP contribution in [0.25, 0.3) is 0 Å². The summed E-state index contributed by atoms with van der Waals surface area (Å²) in [4.78, 5) is 13.4. The van der Waals surface area contributed by atoms with E-state index in [0.29, 0.717) is 17.3 Å². The summed E-state index contributed by atoms with van der Waals surface area (Å²) in [5.41, 5.74) is 0. The van der Waals surface area contributed by atoms with Crippen LogP contribution in [0.15, 0.2) is 16.3 Å². The Kier molecular flexibility index (Phi) is 5.03. The van der Waals surface area contributed by atoms with Crippen molar-refractivity contribution in [3.63, 3.8) is 0 Å². The van der Waals surface area contributed by atoms with E-state index in [2.05, 4.69) is 4.90 Å². The third-order valence-electron chi connectivity index (χ3n) is 3.63. The van der Waals surface area contributed by atoms with Gasteiger partial charge in [-0.25, -0.2) is 8.42 Å². The maximum atomic E-state index is 12.5. The van der Waals surface area contributed by atoms with Crippen LogP contribution in [0.1, 0.15) is 11.3 Å². The highest BCUT2D eigenvalue weighted by Gasteiger charge is 2.28. The summed E-state index contributed by atoms with van der Waals surface area (Å²) in [6.07, 6.45) is 0.863. The van der Waals surface area contributed by atoms with Gasteiger partial charge in [0.25, 0.3) is 10.0 Å². The number of rotatable bonds is 6. The van der Waals surface area contributed by atoms with Gasteiger partial charge in [0.05, 0.1) is 6.42 Å². The van der Waals surface area contributed by atoms with Crippen molar-refractivity contribution in [1.82, 2.24) is 9.21 Å². The molecule has 2 rings (SSSR count). The number of carboxylic acid groups (broad SMARTS) is 1. The van der Waals surface area contributed by atoms with Crippen molar-refractivity contribution in [3.8, 4) is 0 Å². The van der Waals surface area contributed by atoms with Crippen molar-refractivity contribution in [2.45, 2.75) is 17.1 Å². The van der Waals surface area contributed by atoms with Crippen molar-refractivity contribution in [2.24, 2.45) is 5.92 Å². The molecule has 8 heteroatoms. The Morgan fingerprint density at radius 3 is 2.81 bits per heavy atom. The summed E-state index contributed by atoms with van der Waals surface area (Å²) in [6, 6.07) is 3.07. The fourth-order valence-electron chi connectivity index (χ4n) is 2.53. The van der Waals surface area contributed by atoms with Gasteiger partial charge in [-0.2, -0.15) is 4.31 Å². The number of thiophene rings is 1. The quantitative estimate of drug-likeness (QED) is 0.839. The third kappa shape index (κ3) is 4.03. The van der Waals surface area contributed by atoms with Crippen molar-refractivity contribution in [3.05, 3.63) is 17.0 Å². The van der Waals surface area contributed by atoms with Crippen LogP contribution in [0, 0.1) is 5.92 Å². The first kappa shape index (κ1) is 16.4. The van der Waals surface area contributed by atoms with E-state index in [1.165, 1.54) is 10.4 Å². The zero-order valence-corrected chi connectivity index (χ0v) is 13.8. The van der Waals surface area contributed by atoms with Crippen LogP contribution in [0.3, 0.4) is 0 Å². The van der Waals surface area contributed by atoms with Gasteiger partial charge in [0, 0.05) is 25.0 Å². The summed E-state index contributed by atoms with van der Waals surface area (Å²) in [7, 11) is 0.103. The standard InChI is InChI=1S/C13H20N2O4S2/c1-14-6-5-10(8-14)9-15(2)21(18,19)13-4-3-11(20-13)7-12(16)17/h3-4,10H,5-9H2,1-2H3,(H,16,17). The highest BCUT2D eigenvalue weighted by molar-refractivity contribution is 7.91. The number of carbonyl (C=O) groups is 1. The summed E-state index contributed by atoms with van der Waals surface area (Å²) in [6.45, 7) is 2.41. The van der Waals surface area contributed by atoms with Crippen LogP contribution in [-0.2, 0) is 21.2 Å². The van der Waals surface area contributed by atoms with Crippen LogP contribution in [0.2, 0.25) is 0 Å². The van der Waals surface area contributed by atoms with Crippen molar-refractivity contribution in [1.29, 1.82) is 0 Å². The molecule has 1 N–H and O–H groups in total. The lowest BCUT2D eigenvalue weighted by Gasteiger charge is -2.20. The normalized spacial score (nSPS) is 20.2. The lowest BCUT2D eigenvalue weighted by atomic mass is 10.1. The second-order valence-electron chi connectivity index (χ2n) is 5.49. The van der Waals surface area contributed by atoms with E-state index < -0.39 is 16.0 Å². The molecule has 6 nitrogen and oxygen atoms in total. The lowest BCUT2D eigenvalue weighted by molar-refractivity contribution is -0.136. The predicted octanol–water partition coefficient (Wildman–Crippen LogP) is 0.947. The number of hydrogen-bond donors (Lipinski definition) is 1. The Morgan fingerprint density at radius 1 is 1.52 bits per heavy atom. The van der Waals surface area contributed by atoms with E-state index in [9.17, 15) is 13.2 Å². The van der Waals surface area contributed by atoms with Gasteiger partial charge in [0.2, 0.25) is 0 Å². The van der Waals surface area contributed by atoms with Gasteiger partial charge in [-0.05, 0) is 38.1 Å². The summed E-state index contributed by atoms with van der Waals surface area (Å²) in [5, 5.41) is 8.74. The first-order valence-electron chi connectivity index (χ1n) is 6.74. The van der Waals surface area contributed by atoms with E-state index in [-0.39, 0.29) is 10.6 Å². The minimum Gasteiger partial charge on any atom is -0.481 e. The number of nitrogens with zero attached hydrogens (tertiary/aromatic N) is 2. The summed E-state index contributed by atoms with van der Waals surface area (Å²) < 4.78 is 26.5. The number of carboxylic acids is 1. The van der Waals surface area contributed by atoms with Crippen LogP contribution >= 0.6 is 11.3 Å². The molecule has 0 aromatic carbocycles. The molecule has 21 heavy (non-hydrogen) atoms. The Hall–Kier alpha value is -0.960. The number of likely N-dealkylation sites (tertiary alicyclic amines) is 1. The molecule has 1 atom stereocenters. The predicted molar refractivity (Wildman–Crippen MR) is 81.1 cm³/mol. The molecule has 0 radical (unpaired) electrons. The average molecular weight is 332 g/mol. The van der Waals surface area contributed by atoms with Gasteiger partial charge in [-0.1, -0.05) is 0 Å². The van der Waals surface area contributed by atoms with E-state index >= 15 is 0 Å². The molecule has 2 heterocycles. The van der Waals surface area contributed by atoms with Gasteiger partial charge >= 0.3 is 5.97 Å². The second kappa shape index (κ2) is 6.43. The summed E-state index contributed by atoms with van der Waals surface area (Å²) >= 11 is 1.03. The zero-order chi connectivity index (χ0) is 15.6. The van der Waals surface area contributed by atoms with Gasteiger partial charge in [-0.15, -0.1) is 11.3 Å². The Morgan fingerprint density at radius 2 is 2.24 bits per heavy atom. The molecule has 118 valence electrons. The molecule has 0 bridgehead atoms. The largest absolute Gasteiger partial charge is 0.481 e. The highest BCUT2D eigenvalue weighted by atomic mass is 32.2. The monoisotopic (exact) mass is 332 g/mol. The van der Waals surface area contributed by atoms with E-state index in [0.717, 1.165) is 30.8 Å². The number of aliphatic carboxylic acids is 1. The van der Waals surface area contributed by atoms with Crippen molar-refractivity contribution < 1.29 is 18.3 Å². The second-order valence-corrected chi connectivity index (χ2v) is 8.93. The molecular formula is C13H20N2O4S2. The smallest absolute Gasteiger partial charge is 0.308 e. The summed E-state index contributed by atoms with van der Waals surface area (Å²) in [5.74, 6) is -0.601. The number of hydrogen-bond acceptors (Lipinski definition) is 5. The molecule has 0 saturated carbocycles. The molecular weight excluding hydrogens is 312 g/mol. The van der Waals surface area contributed by atoms with Crippen LogP contribution in [0.4, 0.5) is 0 Å². The molecule has 1 aliphatic heterocycles. The average Bonchev–Trinajstić information content (AvgIpc) is 2.98. The highest BCUT2D eigenvalue weighted by Crippen LogP contribution is 2.26. The molecule has 0 amide bonds. The van der Waals surface area contributed by atoms with Gasteiger partial charge in [-0.3, -0.25) is 4.79 Å². The fraction of sp³-hybridized carbons (Fsp3) is 0.615. The fourth-order valence-corrected chi connectivity index (χ4v) is 5.34. The molecule has 1 aromatic rings. The van der Waals surface area contributed by atoms with Crippen LogP contribution in [-0.4, -0.2) is 62.4 Å². The molecule has 1 aliphatic rings. The molecule has 0 aliphatic carbocycles. The molecule has 1 aromatic heterocycles. The number of sulfonamides is 1. The first-order chi connectivity index (χ1) is 9.79. The Labute approximate surface area is 129 Å². The molecule has 1 unspecified atom stereocenters.